The van der Waals surface area contributed by atoms with E-state index in [2.05, 4.69) is 21.9 Å². The standard InChI is InChI=1S/C18H13NO5/c1-24-18(23)14-8-4-12(5-9-14)2-3-13-6-10-15(11-7-13)19-16(20)17(21)22/h4-11H,1H3,(H,19,20)(H,21,22). The van der Waals surface area contributed by atoms with Gasteiger partial charge in [0.25, 0.3) is 0 Å². The molecule has 0 saturated heterocycles. The summed E-state index contributed by atoms with van der Waals surface area (Å²) >= 11 is 0. The molecule has 24 heavy (non-hydrogen) atoms. The highest BCUT2D eigenvalue weighted by molar-refractivity contribution is 6.36. The van der Waals surface area contributed by atoms with Gasteiger partial charge in [0.05, 0.1) is 12.7 Å². The number of ether oxygens (including phenoxy) is 1. The lowest BCUT2D eigenvalue weighted by Crippen LogP contribution is -2.21. The van der Waals surface area contributed by atoms with Gasteiger partial charge in [-0.1, -0.05) is 11.8 Å². The van der Waals surface area contributed by atoms with Crippen molar-refractivity contribution in [1.82, 2.24) is 0 Å². The number of amides is 1. The Hall–Kier alpha value is -3.59. The zero-order chi connectivity index (χ0) is 17.5. The Morgan fingerprint density at radius 2 is 1.42 bits per heavy atom. The highest BCUT2D eigenvalue weighted by atomic mass is 16.5. The first-order valence-electron chi connectivity index (χ1n) is 6.84. The van der Waals surface area contributed by atoms with Crippen molar-refractivity contribution in [2.24, 2.45) is 0 Å². The van der Waals surface area contributed by atoms with E-state index >= 15 is 0 Å². The fraction of sp³-hybridized carbons (Fsp3) is 0.0556. The highest BCUT2D eigenvalue weighted by Gasteiger charge is 2.10. The van der Waals surface area contributed by atoms with Crippen LogP contribution >= 0.6 is 0 Å². The number of aliphatic carboxylic acids is 1. The number of benzene rings is 2. The van der Waals surface area contributed by atoms with Gasteiger partial charge in [-0.3, -0.25) is 4.79 Å². The Bertz CT molecular complexity index is 826. The minimum atomic E-state index is -1.55. The largest absolute Gasteiger partial charge is 0.474 e. The average Bonchev–Trinajstić information content (AvgIpc) is 2.60. The number of nitrogens with one attached hydrogen (secondary N) is 1. The molecule has 2 aromatic carbocycles. The van der Waals surface area contributed by atoms with Crippen LogP contribution in [0.2, 0.25) is 0 Å². The van der Waals surface area contributed by atoms with Gasteiger partial charge in [0.2, 0.25) is 0 Å². The molecule has 6 nitrogen and oxygen atoms in total. The fourth-order valence-electron chi connectivity index (χ4n) is 1.77. The number of hydrogen-bond acceptors (Lipinski definition) is 4. The molecule has 0 saturated carbocycles. The van der Waals surface area contributed by atoms with Gasteiger partial charge in [-0.15, -0.1) is 0 Å². The molecule has 2 rings (SSSR count). The number of esters is 1. The van der Waals surface area contributed by atoms with E-state index in [4.69, 9.17) is 5.11 Å². The highest BCUT2D eigenvalue weighted by Crippen LogP contribution is 2.09. The fourth-order valence-corrected chi connectivity index (χ4v) is 1.77. The normalized spacial score (nSPS) is 9.38. The number of carboxylic acid groups (broad SMARTS) is 1. The van der Waals surface area contributed by atoms with Crippen LogP contribution in [0, 0.1) is 11.8 Å². The van der Waals surface area contributed by atoms with E-state index < -0.39 is 17.8 Å². The second kappa shape index (κ2) is 7.61. The minimum absolute atomic E-state index is 0.371. The molecular formula is C18H13NO5. The van der Waals surface area contributed by atoms with Crippen LogP contribution in [0.1, 0.15) is 21.5 Å². The summed E-state index contributed by atoms with van der Waals surface area (Å²) in [5, 5.41) is 10.7. The summed E-state index contributed by atoms with van der Waals surface area (Å²) in [7, 11) is 1.32. The third-order valence-corrected chi connectivity index (χ3v) is 2.99. The lowest BCUT2D eigenvalue weighted by atomic mass is 10.1. The van der Waals surface area contributed by atoms with Crippen LogP contribution < -0.4 is 5.32 Å². The summed E-state index contributed by atoms with van der Waals surface area (Å²) in [6.07, 6.45) is 0. The Labute approximate surface area is 138 Å². The van der Waals surface area contributed by atoms with E-state index in [-0.39, 0.29) is 0 Å². The van der Waals surface area contributed by atoms with Crippen LogP contribution in [0.25, 0.3) is 0 Å². The Balaban J connectivity index is 2.07. The molecule has 0 aliphatic heterocycles. The first kappa shape index (κ1) is 16.8. The number of carbonyl (C=O) groups excluding carboxylic acids is 2. The smallest absolute Gasteiger partial charge is 0.394 e. The number of rotatable bonds is 2. The zero-order valence-corrected chi connectivity index (χ0v) is 12.7. The van der Waals surface area contributed by atoms with E-state index in [1.807, 2.05) is 0 Å². The van der Waals surface area contributed by atoms with Crippen molar-refractivity contribution in [3.63, 3.8) is 0 Å². The van der Waals surface area contributed by atoms with Gasteiger partial charge < -0.3 is 15.2 Å². The summed E-state index contributed by atoms with van der Waals surface area (Å²) in [4.78, 5) is 32.8. The third kappa shape index (κ3) is 4.45. The SMILES string of the molecule is COC(=O)c1ccc(C#Cc2ccc(NC(=O)C(=O)O)cc2)cc1. The molecule has 2 N–H and O–H groups in total. The topological polar surface area (TPSA) is 92.7 Å². The van der Waals surface area contributed by atoms with Crippen molar-refractivity contribution in [2.75, 3.05) is 12.4 Å². The molecule has 0 heterocycles. The molecule has 0 spiro atoms. The number of hydrogen-bond donors (Lipinski definition) is 2. The van der Waals surface area contributed by atoms with E-state index in [9.17, 15) is 14.4 Å². The molecule has 120 valence electrons. The summed E-state index contributed by atoms with van der Waals surface area (Å²) in [6.45, 7) is 0. The average molecular weight is 323 g/mol. The monoisotopic (exact) mass is 323 g/mol. The molecule has 6 heteroatoms. The predicted molar refractivity (Wildman–Crippen MR) is 86.5 cm³/mol. The Morgan fingerprint density at radius 1 is 0.917 bits per heavy atom. The van der Waals surface area contributed by atoms with Gasteiger partial charge in [0.15, 0.2) is 0 Å². The van der Waals surface area contributed by atoms with Gasteiger partial charge in [-0.2, -0.15) is 0 Å². The van der Waals surface area contributed by atoms with Gasteiger partial charge in [0, 0.05) is 16.8 Å². The molecule has 2 aromatic rings. The lowest BCUT2D eigenvalue weighted by Gasteiger charge is -2.01. The second-order valence-electron chi connectivity index (χ2n) is 4.66. The third-order valence-electron chi connectivity index (χ3n) is 2.99. The number of methoxy groups -OCH3 is 1. The molecule has 0 aliphatic rings. The first-order chi connectivity index (χ1) is 11.5. The quantitative estimate of drug-likeness (QED) is 0.500. The molecule has 0 aromatic heterocycles. The predicted octanol–water partition coefficient (Wildman–Crippen LogP) is 1.90. The van der Waals surface area contributed by atoms with Crippen molar-refractivity contribution in [3.05, 3.63) is 65.2 Å². The van der Waals surface area contributed by atoms with Crippen LogP contribution in [0.15, 0.2) is 48.5 Å². The van der Waals surface area contributed by atoms with Crippen molar-refractivity contribution in [1.29, 1.82) is 0 Å². The van der Waals surface area contributed by atoms with Gasteiger partial charge in [-0.05, 0) is 48.5 Å². The molecule has 0 fully saturated rings. The van der Waals surface area contributed by atoms with Crippen LogP contribution in [-0.2, 0) is 14.3 Å². The number of carboxylic acids is 1. The van der Waals surface area contributed by atoms with Crippen LogP contribution in [0.4, 0.5) is 5.69 Å². The van der Waals surface area contributed by atoms with Crippen molar-refractivity contribution in [3.8, 4) is 11.8 Å². The maximum atomic E-state index is 11.3. The van der Waals surface area contributed by atoms with Crippen LogP contribution in [0.3, 0.4) is 0 Å². The molecule has 0 atom stereocenters. The lowest BCUT2D eigenvalue weighted by molar-refractivity contribution is -0.147. The molecule has 0 aliphatic carbocycles. The Kier molecular flexibility index (Phi) is 5.32. The van der Waals surface area contributed by atoms with Gasteiger partial charge in [-0.25, -0.2) is 9.59 Å². The minimum Gasteiger partial charge on any atom is -0.474 e. The molecule has 0 bridgehead atoms. The summed E-state index contributed by atoms with van der Waals surface area (Å²) in [5.74, 6) is 2.82. The van der Waals surface area contributed by atoms with Crippen LogP contribution in [0.5, 0.6) is 0 Å². The maximum Gasteiger partial charge on any atom is 0.394 e. The van der Waals surface area contributed by atoms with Gasteiger partial charge >= 0.3 is 17.8 Å². The molecule has 0 unspecified atom stereocenters. The van der Waals surface area contributed by atoms with E-state index in [0.717, 1.165) is 5.56 Å². The van der Waals surface area contributed by atoms with Crippen molar-refractivity contribution < 1.29 is 24.2 Å². The molecule has 1 amide bonds. The van der Waals surface area contributed by atoms with Gasteiger partial charge in [0.1, 0.15) is 0 Å². The number of anilines is 1. The zero-order valence-electron chi connectivity index (χ0n) is 12.7. The van der Waals surface area contributed by atoms with Crippen LogP contribution in [-0.4, -0.2) is 30.1 Å². The maximum absolute atomic E-state index is 11.3. The summed E-state index contributed by atoms with van der Waals surface area (Å²) in [5.41, 5.74) is 2.24. The Morgan fingerprint density at radius 3 is 1.88 bits per heavy atom. The molecule has 0 radical (unpaired) electrons. The van der Waals surface area contributed by atoms with E-state index in [0.29, 0.717) is 16.8 Å². The number of carbonyl (C=O) groups is 3. The van der Waals surface area contributed by atoms with Crippen molar-refractivity contribution >= 4 is 23.5 Å². The summed E-state index contributed by atoms with van der Waals surface area (Å²) in [6, 6.07) is 13.1. The second-order valence-corrected chi connectivity index (χ2v) is 4.66. The van der Waals surface area contributed by atoms with Crippen molar-refractivity contribution in [2.45, 2.75) is 0 Å². The first-order valence-corrected chi connectivity index (χ1v) is 6.84. The summed E-state index contributed by atoms with van der Waals surface area (Å²) < 4.78 is 4.62. The van der Waals surface area contributed by atoms with E-state index in [1.165, 1.54) is 7.11 Å². The molecular weight excluding hydrogens is 310 g/mol. The van der Waals surface area contributed by atoms with E-state index in [1.54, 1.807) is 48.5 Å².